The van der Waals surface area contributed by atoms with Gasteiger partial charge in [0.1, 0.15) is 17.9 Å². The number of fused-ring (bicyclic) bond motifs is 1. The summed E-state index contributed by atoms with van der Waals surface area (Å²) in [6.07, 6.45) is -2.76. The minimum Gasteiger partial charge on any atom is -0.489 e. The van der Waals surface area contributed by atoms with Gasteiger partial charge in [-0.05, 0) is 54.3 Å². The molecule has 0 bridgehead atoms. The van der Waals surface area contributed by atoms with Gasteiger partial charge >= 0.3 is 12.1 Å². The lowest BCUT2D eigenvalue weighted by Gasteiger charge is -2.32. The van der Waals surface area contributed by atoms with Crippen LogP contribution < -0.4 is 15.8 Å². The van der Waals surface area contributed by atoms with E-state index in [4.69, 9.17) is 25.6 Å². The lowest BCUT2D eigenvalue weighted by atomic mass is 10.0. The number of carbonyl (C=O) groups is 4. The Bertz CT molecular complexity index is 1750. The maximum atomic E-state index is 13.7. The number of nitrogens with two attached hydrogens (primary N) is 1. The number of nitrogens with zero attached hydrogens (tertiary/aromatic N) is 4. The number of nitrogens with one attached hydrogen (secondary N) is 1. The Morgan fingerprint density at radius 1 is 1.08 bits per heavy atom. The summed E-state index contributed by atoms with van der Waals surface area (Å²) in [7, 11) is 0. The number of aliphatic carboxylic acids is 1. The highest BCUT2D eigenvalue weighted by Crippen LogP contribution is 2.32. The zero-order chi connectivity index (χ0) is 35.9. The first-order valence-electron chi connectivity index (χ1n) is 14.9. The Kier molecular flexibility index (Phi) is 11.3. The minimum absolute atomic E-state index is 0.0208. The van der Waals surface area contributed by atoms with Gasteiger partial charge in [0.05, 0.1) is 43.3 Å². The molecule has 0 aliphatic carbocycles. The molecule has 1 aromatic heterocycles. The molecule has 12 nitrogen and oxygen atoms in total. The quantitative estimate of drug-likeness (QED) is 0.314. The van der Waals surface area contributed by atoms with Crippen LogP contribution in [0.3, 0.4) is 0 Å². The first-order valence-corrected chi connectivity index (χ1v) is 14.9. The number of carbonyl (C=O) groups excluding carboxylic acids is 3. The largest absolute Gasteiger partial charge is 0.490 e. The molecule has 2 fully saturated rings. The number of aromatic nitrogens is 1. The van der Waals surface area contributed by atoms with E-state index in [1.165, 1.54) is 12.3 Å². The summed E-state index contributed by atoms with van der Waals surface area (Å²) in [6, 6.07) is 15.0. The predicted molar refractivity (Wildman–Crippen MR) is 163 cm³/mol. The van der Waals surface area contributed by atoms with Crippen molar-refractivity contribution >= 4 is 34.6 Å². The third-order valence-electron chi connectivity index (χ3n) is 7.76. The van der Waals surface area contributed by atoms with Crippen LogP contribution in [0, 0.1) is 11.3 Å². The highest BCUT2D eigenvalue weighted by atomic mass is 19.4. The number of likely N-dealkylation sites (tertiary alicyclic amines) is 2. The van der Waals surface area contributed by atoms with E-state index in [1.807, 2.05) is 36.4 Å². The average Bonchev–Trinajstić information content (AvgIpc) is 3.41. The van der Waals surface area contributed by atoms with Gasteiger partial charge in [0, 0.05) is 24.5 Å². The van der Waals surface area contributed by atoms with E-state index in [1.54, 1.807) is 17.0 Å². The van der Waals surface area contributed by atoms with Crippen molar-refractivity contribution in [1.29, 1.82) is 5.26 Å². The van der Waals surface area contributed by atoms with E-state index in [-0.39, 0.29) is 24.1 Å². The molecule has 0 spiro atoms. The van der Waals surface area contributed by atoms with Crippen LogP contribution in [0.25, 0.3) is 22.0 Å². The van der Waals surface area contributed by atoms with Gasteiger partial charge in [-0.3, -0.25) is 19.4 Å². The summed E-state index contributed by atoms with van der Waals surface area (Å²) in [5.74, 6) is -6.62. The molecule has 1 unspecified atom stereocenters. The summed E-state index contributed by atoms with van der Waals surface area (Å²) < 4.78 is 65.3. The van der Waals surface area contributed by atoms with E-state index in [0.29, 0.717) is 29.7 Å². The van der Waals surface area contributed by atoms with Crippen LogP contribution in [0.5, 0.6) is 5.75 Å². The topological polar surface area (TPSA) is 179 Å². The third-order valence-corrected chi connectivity index (χ3v) is 7.76. The molecule has 2 aliphatic heterocycles. The first-order chi connectivity index (χ1) is 23.1. The fourth-order valence-electron chi connectivity index (χ4n) is 5.38. The number of benzene rings is 2. The molecule has 2 aliphatic rings. The number of halogens is 5. The smallest absolute Gasteiger partial charge is 0.489 e. The molecule has 49 heavy (non-hydrogen) atoms. The number of hydrogen-bond acceptors (Lipinski definition) is 8. The first kappa shape index (κ1) is 36.5. The number of carboxylic acid groups (broad SMARTS) is 1. The highest BCUT2D eigenvalue weighted by molar-refractivity contribution is 6.07. The molecule has 0 saturated carbocycles. The normalized spacial score (nSPS) is 18.6. The Labute approximate surface area is 276 Å². The lowest BCUT2D eigenvalue weighted by molar-refractivity contribution is -0.192. The summed E-state index contributed by atoms with van der Waals surface area (Å²) in [4.78, 5) is 53.3. The monoisotopic (exact) mass is 690 g/mol. The van der Waals surface area contributed by atoms with Crippen LogP contribution in [-0.2, 0) is 14.4 Å². The molecule has 3 aromatic rings. The number of hydrogen-bond donors (Lipinski definition) is 3. The van der Waals surface area contributed by atoms with E-state index >= 15 is 0 Å². The van der Waals surface area contributed by atoms with E-state index < -0.39 is 55.4 Å². The van der Waals surface area contributed by atoms with Crippen molar-refractivity contribution in [2.75, 3.05) is 32.7 Å². The Hall–Kier alpha value is -5.37. The average molecular weight is 691 g/mol. The molecule has 260 valence electrons. The number of rotatable bonds is 7. The molecule has 2 aromatic carbocycles. The van der Waals surface area contributed by atoms with Crippen molar-refractivity contribution in [1.82, 2.24) is 20.1 Å². The standard InChI is InChI=1S/C30H30F2N6O4.C2HF3O2/c31-30(32)13-21(14-33)38(18-30)28(40)16-36-29(41)24-9-10-35-26-8-5-20(12-25(24)26)19-3-6-22(7-4-19)42-23-2-1-11-37(17-23)27(39)15-34;3-2(4,5)1(6)7/h3-10,12,21,23H,1-2,11,13,15-18,34H2,(H,36,41);(H,6,7)/t21-,23?;/m0./s1. The van der Waals surface area contributed by atoms with Gasteiger partial charge in [-0.1, -0.05) is 18.2 Å². The summed E-state index contributed by atoms with van der Waals surface area (Å²) in [5.41, 5.74) is 8.02. The third kappa shape index (κ3) is 9.38. The predicted octanol–water partition coefficient (Wildman–Crippen LogP) is 3.35. The van der Waals surface area contributed by atoms with Crippen LogP contribution >= 0.6 is 0 Å². The fraction of sp³-hybridized carbons (Fsp3) is 0.375. The molecular weight excluding hydrogens is 659 g/mol. The maximum Gasteiger partial charge on any atom is 0.490 e. The Morgan fingerprint density at radius 2 is 1.76 bits per heavy atom. The lowest BCUT2D eigenvalue weighted by Crippen LogP contribution is -2.46. The maximum absolute atomic E-state index is 13.7. The molecule has 3 heterocycles. The number of alkyl halides is 5. The minimum atomic E-state index is -5.08. The molecule has 2 atom stereocenters. The molecule has 0 radical (unpaired) electrons. The molecular formula is C32H31F5N6O6. The van der Waals surface area contributed by atoms with E-state index in [2.05, 4.69) is 10.3 Å². The molecule has 3 amide bonds. The number of ether oxygens (including phenoxy) is 1. The number of piperidine rings is 1. The summed E-state index contributed by atoms with van der Waals surface area (Å²) in [6.45, 7) is -0.209. The fourth-order valence-corrected chi connectivity index (χ4v) is 5.38. The van der Waals surface area contributed by atoms with E-state index in [0.717, 1.165) is 28.9 Å². The van der Waals surface area contributed by atoms with E-state index in [9.17, 15) is 36.3 Å². The van der Waals surface area contributed by atoms with Gasteiger partial charge in [0.2, 0.25) is 11.8 Å². The number of pyridine rings is 1. The van der Waals surface area contributed by atoms with Crippen molar-refractivity contribution in [2.24, 2.45) is 5.73 Å². The number of carboxylic acids is 1. The molecule has 5 rings (SSSR count). The summed E-state index contributed by atoms with van der Waals surface area (Å²) in [5, 5.41) is 19.3. The second-order valence-electron chi connectivity index (χ2n) is 11.3. The van der Waals surface area contributed by atoms with Gasteiger partial charge in [-0.15, -0.1) is 0 Å². The van der Waals surface area contributed by atoms with Crippen LogP contribution in [0.15, 0.2) is 54.7 Å². The zero-order valence-corrected chi connectivity index (χ0v) is 25.8. The van der Waals surface area contributed by atoms with Crippen LogP contribution in [0.2, 0.25) is 0 Å². The van der Waals surface area contributed by atoms with Gasteiger partial charge in [-0.25, -0.2) is 13.6 Å². The van der Waals surface area contributed by atoms with Crippen LogP contribution in [0.1, 0.15) is 29.6 Å². The summed E-state index contributed by atoms with van der Waals surface area (Å²) >= 11 is 0. The highest BCUT2D eigenvalue weighted by Gasteiger charge is 2.47. The van der Waals surface area contributed by atoms with Crippen molar-refractivity contribution < 1.29 is 51.0 Å². The SMILES string of the molecule is N#C[C@@H]1CC(F)(F)CN1C(=O)CNC(=O)c1ccnc2ccc(-c3ccc(OC4CCCN(C(=O)CN)C4)cc3)cc12.O=C(O)C(F)(F)F. The van der Waals surface area contributed by atoms with Crippen LogP contribution in [-0.4, -0.2) is 101 Å². The van der Waals surface area contributed by atoms with Gasteiger partial charge in [0.25, 0.3) is 11.8 Å². The Morgan fingerprint density at radius 3 is 2.39 bits per heavy atom. The second-order valence-corrected chi connectivity index (χ2v) is 11.3. The van der Waals surface area contributed by atoms with Crippen LogP contribution in [0.4, 0.5) is 22.0 Å². The van der Waals surface area contributed by atoms with Crippen molar-refractivity contribution in [2.45, 2.75) is 43.5 Å². The molecule has 17 heteroatoms. The van der Waals surface area contributed by atoms with Crippen molar-refractivity contribution in [3.05, 3.63) is 60.3 Å². The Balaban J connectivity index is 0.000000698. The molecule has 4 N–H and O–H groups in total. The van der Waals surface area contributed by atoms with Crippen molar-refractivity contribution in [3.8, 4) is 22.9 Å². The second kappa shape index (κ2) is 15.2. The number of nitriles is 1. The molecule has 2 saturated heterocycles. The van der Waals surface area contributed by atoms with Gasteiger partial charge in [-0.2, -0.15) is 18.4 Å². The van der Waals surface area contributed by atoms with Gasteiger partial charge < -0.3 is 30.7 Å². The van der Waals surface area contributed by atoms with Gasteiger partial charge in [0.15, 0.2) is 0 Å². The van der Waals surface area contributed by atoms with Crippen molar-refractivity contribution in [3.63, 3.8) is 0 Å². The number of amides is 3. The zero-order valence-electron chi connectivity index (χ0n) is 25.8.